The molecule has 0 aliphatic carbocycles. The van der Waals surface area contributed by atoms with E-state index in [1.54, 1.807) is 13.8 Å². The van der Waals surface area contributed by atoms with Crippen LogP contribution in [0.2, 0.25) is 0 Å². The highest BCUT2D eigenvalue weighted by molar-refractivity contribution is 6.03. The van der Waals surface area contributed by atoms with Gasteiger partial charge in [-0.3, -0.25) is 0 Å². The van der Waals surface area contributed by atoms with Crippen LogP contribution in [0.25, 0.3) is 0 Å². The number of methoxy groups -OCH3 is 2. The Kier molecular flexibility index (Phi) is 5.00. The van der Waals surface area contributed by atoms with Crippen molar-refractivity contribution in [2.45, 2.75) is 13.8 Å². The number of nitrogens with zero attached hydrogens (tertiary/aromatic N) is 1. The lowest BCUT2D eigenvalue weighted by molar-refractivity contribution is -0.140. The van der Waals surface area contributed by atoms with Gasteiger partial charge in [-0.05, 0) is 37.1 Å². The highest BCUT2D eigenvalue weighted by Gasteiger charge is 2.33. The molecule has 0 saturated carbocycles. The van der Waals surface area contributed by atoms with Crippen molar-refractivity contribution < 1.29 is 28.2 Å². The van der Waals surface area contributed by atoms with E-state index in [1.807, 2.05) is 0 Å². The standard InChI is InChI=1S/C16H18FNO5/c1-9-10(2)13(6-5-12(9)17)18-8-23-7-11(15(19)21-3)14(18)16(20)22-4/h5-6H,7-8H2,1-4H3. The first-order chi connectivity index (χ1) is 10.9. The van der Waals surface area contributed by atoms with Gasteiger partial charge in [-0.1, -0.05) is 0 Å². The van der Waals surface area contributed by atoms with Crippen molar-refractivity contribution in [1.29, 1.82) is 0 Å². The molecule has 0 saturated heterocycles. The maximum atomic E-state index is 13.7. The maximum absolute atomic E-state index is 13.7. The highest BCUT2D eigenvalue weighted by Crippen LogP contribution is 2.31. The molecular weight excluding hydrogens is 305 g/mol. The molecule has 1 aliphatic rings. The molecule has 0 atom stereocenters. The van der Waals surface area contributed by atoms with Crippen molar-refractivity contribution in [1.82, 2.24) is 0 Å². The average Bonchev–Trinajstić information content (AvgIpc) is 2.57. The molecule has 1 aromatic carbocycles. The van der Waals surface area contributed by atoms with Gasteiger partial charge in [0.1, 0.15) is 18.2 Å². The number of carbonyl (C=O) groups excluding carboxylic acids is 2. The van der Waals surface area contributed by atoms with Gasteiger partial charge in [-0.2, -0.15) is 0 Å². The van der Waals surface area contributed by atoms with Gasteiger partial charge >= 0.3 is 11.9 Å². The molecular formula is C16H18FNO5. The quantitative estimate of drug-likeness (QED) is 0.791. The molecule has 0 bridgehead atoms. The summed E-state index contributed by atoms with van der Waals surface area (Å²) in [6, 6.07) is 2.84. The third-order valence-corrected chi connectivity index (χ3v) is 3.82. The lowest BCUT2D eigenvalue weighted by Gasteiger charge is -2.32. The summed E-state index contributed by atoms with van der Waals surface area (Å²) in [5.74, 6) is -1.71. The fourth-order valence-corrected chi connectivity index (χ4v) is 2.40. The molecule has 6 nitrogen and oxygen atoms in total. The summed E-state index contributed by atoms with van der Waals surface area (Å²) in [7, 11) is 2.44. The maximum Gasteiger partial charge on any atom is 0.355 e. The first-order valence-electron chi connectivity index (χ1n) is 6.93. The van der Waals surface area contributed by atoms with Gasteiger partial charge in [-0.15, -0.1) is 0 Å². The van der Waals surface area contributed by atoms with Crippen LogP contribution in [0.1, 0.15) is 11.1 Å². The van der Waals surface area contributed by atoms with Crippen LogP contribution < -0.4 is 4.90 Å². The van der Waals surface area contributed by atoms with Crippen molar-refractivity contribution in [3.63, 3.8) is 0 Å². The summed E-state index contributed by atoms with van der Waals surface area (Å²) in [6.07, 6.45) is 0. The SMILES string of the molecule is COC(=O)C1=C(C(=O)OC)N(c2ccc(F)c(C)c2C)COC1. The Labute approximate surface area is 133 Å². The van der Waals surface area contributed by atoms with Crippen molar-refractivity contribution in [2.75, 3.05) is 32.5 Å². The van der Waals surface area contributed by atoms with Gasteiger partial charge in [0.2, 0.25) is 0 Å². The Morgan fingerprint density at radius 2 is 1.78 bits per heavy atom. The van der Waals surface area contributed by atoms with E-state index in [1.165, 1.54) is 31.3 Å². The normalized spacial score (nSPS) is 14.7. The number of esters is 2. The second kappa shape index (κ2) is 6.78. The second-order valence-corrected chi connectivity index (χ2v) is 5.03. The van der Waals surface area contributed by atoms with Crippen LogP contribution in [0.5, 0.6) is 0 Å². The first-order valence-corrected chi connectivity index (χ1v) is 6.93. The van der Waals surface area contributed by atoms with Crippen molar-refractivity contribution >= 4 is 17.6 Å². The van der Waals surface area contributed by atoms with Gasteiger partial charge in [-0.25, -0.2) is 14.0 Å². The van der Waals surface area contributed by atoms with Crippen LogP contribution in [-0.4, -0.2) is 39.5 Å². The van der Waals surface area contributed by atoms with Gasteiger partial charge in [0.15, 0.2) is 0 Å². The number of ether oxygens (including phenoxy) is 3. The van der Waals surface area contributed by atoms with Crippen LogP contribution in [-0.2, 0) is 23.8 Å². The molecule has 0 aromatic heterocycles. The number of benzene rings is 1. The van der Waals surface area contributed by atoms with E-state index in [0.29, 0.717) is 16.8 Å². The van der Waals surface area contributed by atoms with Crippen LogP contribution in [0, 0.1) is 19.7 Å². The summed E-state index contributed by atoms with van der Waals surface area (Å²) >= 11 is 0. The molecule has 0 amide bonds. The van der Waals surface area contributed by atoms with Crippen LogP contribution in [0.4, 0.5) is 10.1 Å². The number of rotatable bonds is 3. The van der Waals surface area contributed by atoms with Gasteiger partial charge in [0.05, 0.1) is 26.4 Å². The smallest absolute Gasteiger partial charge is 0.355 e. The number of hydrogen-bond acceptors (Lipinski definition) is 6. The van der Waals surface area contributed by atoms with Gasteiger partial charge in [0.25, 0.3) is 0 Å². The van der Waals surface area contributed by atoms with E-state index in [0.717, 1.165) is 0 Å². The minimum absolute atomic E-state index is 0.0385. The van der Waals surface area contributed by atoms with Crippen LogP contribution in [0.3, 0.4) is 0 Å². The van der Waals surface area contributed by atoms with Gasteiger partial charge in [0, 0.05) is 5.69 Å². The molecule has 1 heterocycles. The summed E-state index contributed by atoms with van der Waals surface area (Å²) in [4.78, 5) is 25.6. The second-order valence-electron chi connectivity index (χ2n) is 5.03. The van der Waals surface area contributed by atoms with Crippen molar-refractivity contribution in [2.24, 2.45) is 0 Å². The number of halogens is 1. The van der Waals surface area contributed by atoms with Gasteiger partial charge < -0.3 is 19.1 Å². The molecule has 0 radical (unpaired) electrons. The number of hydrogen-bond donors (Lipinski definition) is 0. The third-order valence-electron chi connectivity index (χ3n) is 3.82. The zero-order chi connectivity index (χ0) is 17.1. The zero-order valence-corrected chi connectivity index (χ0v) is 13.4. The van der Waals surface area contributed by atoms with Crippen LogP contribution >= 0.6 is 0 Å². The fraction of sp³-hybridized carbons (Fsp3) is 0.375. The Morgan fingerprint density at radius 3 is 2.39 bits per heavy atom. The van der Waals surface area contributed by atoms with E-state index in [-0.39, 0.29) is 30.4 Å². The molecule has 2 rings (SSSR count). The molecule has 0 fully saturated rings. The van der Waals surface area contributed by atoms with Crippen LogP contribution in [0.15, 0.2) is 23.4 Å². The highest BCUT2D eigenvalue weighted by atomic mass is 19.1. The van der Waals surface area contributed by atoms with E-state index in [2.05, 4.69) is 0 Å². The van der Waals surface area contributed by atoms with E-state index in [4.69, 9.17) is 14.2 Å². The predicted octanol–water partition coefficient (Wildman–Crippen LogP) is 1.84. The lowest BCUT2D eigenvalue weighted by Crippen LogP contribution is -2.39. The molecule has 0 spiro atoms. The lowest BCUT2D eigenvalue weighted by atomic mass is 10.0. The molecule has 1 aliphatic heterocycles. The minimum atomic E-state index is -0.685. The van der Waals surface area contributed by atoms with E-state index < -0.39 is 11.9 Å². The van der Waals surface area contributed by atoms with Crippen molar-refractivity contribution in [3.05, 3.63) is 40.3 Å². The Bertz CT molecular complexity index is 683. The summed E-state index contributed by atoms with van der Waals surface area (Å²) in [6.45, 7) is 3.35. The molecule has 23 heavy (non-hydrogen) atoms. The first kappa shape index (κ1) is 17.0. The minimum Gasteiger partial charge on any atom is -0.466 e. The Balaban J connectivity index is 2.62. The number of carbonyl (C=O) groups is 2. The summed E-state index contributed by atoms with van der Waals surface area (Å²) in [5, 5.41) is 0. The molecule has 0 unspecified atom stereocenters. The van der Waals surface area contributed by atoms with E-state index in [9.17, 15) is 14.0 Å². The molecule has 0 N–H and O–H groups in total. The summed E-state index contributed by atoms with van der Waals surface area (Å²) < 4.78 is 28.6. The molecule has 7 heteroatoms. The molecule has 124 valence electrons. The van der Waals surface area contributed by atoms with E-state index >= 15 is 0 Å². The zero-order valence-electron chi connectivity index (χ0n) is 13.4. The summed E-state index contributed by atoms with van der Waals surface area (Å²) in [5.41, 5.74) is 1.76. The van der Waals surface area contributed by atoms with Crippen molar-refractivity contribution in [3.8, 4) is 0 Å². The largest absolute Gasteiger partial charge is 0.466 e. The average molecular weight is 323 g/mol. The monoisotopic (exact) mass is 323 g/mol. The Morgan fingerprint density at radius 1 is 1.13 bits per heavy atom. The predicted molar refractivity (Wildman–Crippen MR) is 80.2 cm³/mol. The fourth-order valence-electron chi connectivity index (χ4n) is 2.40. The third kappa shape index (κ3) is 3.05. The topological polar surface area (TPSA) is 65.1 Å². The number of anilines is 1. The molecule has 1 aromatic rings. The Hall–Kier alpha value is -2.41.